The summed E-state index contributed by atoms with van der Waals surface area (Å²) in [6.07, 6.45) is 4.23. The number of hydrogen-bond acceptors (Lipinski definition) is 9. The Balaban J connectivity index is 2.48. The average molecular weight is 559 g/mol. The van der Waals surface area contributed by atoms with Gasteiger partial charge in [0.1, 0.15) is 6.61 Å². The van der Waals surface area contributed by atoms with Crippen molar-refractivity contribution in [1.82, 2.24) is 19.9 Å². The summed E-state index contributed by atoms with van der Waals surface area (Å²) in [4.78, 5) is 31.2. The number of hydrogen-bond donors (Lipinski definition) is 3. The Labute approximate surface area is 236 Å². The van der Waals surface area contributed by atoms with Crippen LogP contribution in [0.25, 0.3) is 0 Å². The fourth-order valence-corrected chi connectivity index (χ4v) is 2.96. The normalized spacial score (nSPS) is 13.9. The van der Waals surface area contributed by atoms with Crippen LogP contribution >= 0.6 is 0 Å². The van der Waals surface area contributed by atoms with Crippen molar-refractivity contribution in [3.63, 3.8) is 0 Å². The van der Waals surface area contributed by atoms with Crippen LogP contribution in [0.1, 0.15) is 113 Å². The van der Waals surface area contributed by atoms with E-state index in [9.17, 15) is 20.4 Å². The quantitative estimate of drug-likeness (QED) is 0.159. The highest BCUT2D eigenvalue weighted by atomic mass is 16.5. The van der Waals surface area contributed by atoms with E-state index in [2.05, 4.69) is 19.9 Å². The predicted octanol–water partition coefficient (Wildman–Crippen LogP) is 3.41. The van der Waals surface area contributed by atoms with Gasteiger partial charge in [-0.25, -0.2) is 19.7 Å². The minimum atomic E-state index is -0.767. The van der Waals surface area contributed by atoms with Gasteiger partial charge in [0.2, 0.25) is 35.3 Å². The summed E-state index contributed by atoms with van der Waals surface area (Å²) in [6.45, 7) is 21.4. The summed E-state index contributed by atoms with van der Waals surface area (Å²) < 4.78 is 8.57. The Morgan fingerprint density at radius 1 is 0.650 bits per heavy atom. The molecule has 12 nitrogen and oxygen atoms in total. The second kappa shape index (κ2) is 11.6. The maximum atomic E-state index is 13.2. The Morgan fingerprint density at radius 2 is 1.05 bits per heavy atom. The van der Waals surface area contributed by atoms with E-state index in [1.807, 2.05) is 41.5 Å². The van der Waals surface area contributed by atoms with Crippen molar-refractivity contribution in [2.45, 2.75) is 106 Å². The molecular weight excluding hydrogens is 514 g/mol. The number of nitrogens with zero attached hydrogens (tertiary/aromatic N) is 7. The second-order valence-electron chi connectivity index (χ2n) is 12.7. The maximum Gasteiger partial charge on any atom is 0.359 e. The summed E-state index contributed by atoms with van der Waals surface area (Å²) in [5, 5.41) is 31.3. The Morgan fingerprint density at radius 3 is 1.50 bits per heavy atom. The first kappa shape index (κ1) is 32.3. The van der Waals surface area contributed by atoms with E-state index in [0.717, 1.165) is 14.2 Å². The zero-order valence-electron chi connectivity index (χ0n) is 25.7. The highest BCUT2D eigenvalue weighted by Gasteiger charge is 2.30. The number of aromatic nitrogens is 4. The zero-order valence-corrected chi connectivity index (χ0v) is 25.7. The number of esters is 1. The topological polar surface area (TPSA) is 148 Å². The minimum absolute atomic E-state index is 0.0655. The molecule has 0 fully saturated rings. The highest BCUT2D eigenvalue weighted by molar-refractivity contribution is 5.96. The molecule has 3 N–H and O–H groups in total. The molecule has 0 unspecified atom stereocenters. The SMILES string of the molecule is Cc1nc(COC(=O)c2nc(C)c(/C=[N+](\O)C(C)(C)C)nc2/C=[N+](\O)C(C)(C)C)c(C)nc1/C=[N+](\O)C(C)(C)C. The molecule has 0 aliphatic rings. The summed E-state index contributed by atoms with van der Waals surface area (Å²) >= 11 is 0. The first-order chi connectivity index (χ1) is 18.1. The molecule has 0 radical (unpaired) electrons. The molecule has 40 heavy (non-hydrogen) atoms. The lowest BCUT2D eigenvalue weighted by atomic mass is 10.1. The second-order valence-corrected chi connectivity index (χ2v) is 12.7. The smallest absolute Gasteiger partial charge is 0.359 e. The van der Waals surface area contributed by atoms with Crippen LogP contribution < -0.4 is 0 Å². The molecule has 0 amide bonds. The van der Waals surface area contributed by atoms with Crippen LogP contribution in [0.3, 0.4) is 0 Å². The lowest BCUT2D eigenvalue weighted by Gasteiger charge is -2.13. The van der Waals surface area contributed by atoms with Gasteiger partial charge in [0.25, 0.3) is 0 Å². The summed E-state index contributed by atoms with van der Waals surface area (Å²) in [5.41, 5.74) is 0.883. The van der Waals surface area contributed by atoms with Gasteiger partial charge in [-0.15, -0.1) is 0 Å². The van der Waals surface area contributed by atoms with Crippen LogP contribution in [0.5, 0.6) is 0 Å². The van der Waals surface area contributed by atoms with Crippen molar-refractivity contribution in [3.8, 4) is 0 Å². The van der Waals surface area contributed by atoms with E-state index in [4.69, 9.17) is 4.74 Å². The molecular formula is C28H44N7O5+3. The van der Waals surface area contributed by atoms with Gasteiger partial charge in [-0.2, -0.15) is 0 Å². The van der Waals surface area contributed by atoms with Crippen LogP contribution in [-0.4, -0.2) is 91.0 Å². The largest absolute Gasteiger partial charge is 0.454 e. The van der Waals surface area contributed by atoms with Crippen LogP contribution in [0.15, 0.2) is 0 Å². The Hall–Kier alpha value is -3.96. The summed E-state index contributed by atoms with van der Waals surface area (Å²) in [7, 11) is 0. The van der Waals surface area contributed by atoms with Gasteiger partial charge in [0, 0.05) is 62.3 Å². The average Bonchev–Trinajstić information content (AvgIpc) is 2.79. The molecule has 12 heteroatoms. The van der Waals surface area contributed by atoms with Gasteiger partial charge in [-0.1, -0.05) is 0 Å². The van der Waals surface area contributed by atoms with Gasteiger partial charge in [0.05, 0.1) is 22.8 Å². The molecule has 0 bridgehead atoms. The number of ether oxygens (including phenoxy) is 1. The fraction of sp³-hybridized carbons (Fsp3) is 0.571. The van der Waals surface area contributed by atoms with Gasteiger partial charge in [0.15, 0.2) is 22.8 Å². The maximum absolute atomic E-state index is 13.2. The van der Waals surface area contributed by atoms with Gasteiger partial charge < -0.3 is 4.74 Å². The molecule has 0 saturated heterocycles. The molecule has 2 rings (SSSR count). The summed E-state index contributed by atoms with van der Waals surface area (Å²) in [6, 6.07) is 0. The van der Waals surface area contributed by atoms with Crippen molar-refractivity contribution in [2.75, 3.05) is 0 Å². The van der Waals surface area contributed by atoms with Crippen LogP contribution in [0.2, 0.25) is 0 Å². The standard InChI is InChI=1S/C28H44N7O5/c1-17-20(13-33(37)26(4,5)6)29-19(3)23(30-17)16-40-25(36)24-22(15-35(39)28(10,11)12)32-21(18(2)31-24)14-34(38)27(7,8)9/h13-15,37-39H,16H2,1-12H3/q+3. The van der Waals surface area contributed by atoms with E-state index in [1.54, 1.807) is 41.5 Å². The van der Waals surface area contributed by atoms with Crippen LogP contribution in [0.4, 0.5) is 0 Å². The first-order valence-corrected chi connectivity index (χ1v) is 13.0. The number of rotatable bonds is 6. The number of carbonyl (C=O) groups is 1. The van der Waals surface area contributed by atoms with Crippen molar-refractivity contribution < 1.29 is 39.4 Å². The number of carbonyl (C=O) groups excluding carboxylic acids is 1. The number of hydroxylamine groups is 3. The third kappa shape index (κ3) is 8.27. The molecule has 2 aromatic heterocycles. The van der Waals surface area contributed by atoms with Crippen molar-refractivity contribution in [1.29, 1.82) is 0 Å². The van der Waals surface area contributed by atoms with Crippen LogP contribution in [0, 0.1) is 20.8 Å². The van der Waals surface area contributed by atoms with Gasteiger partial charge in [-0.3, -0.25) is 20.6 Å². The molecule has 0 spiro atoms. The molecule has 0 saturated carbocycles. The molecule has 0 aromatic carbocycles. The number of aryl methyl sites for hydroxylation is 3. The predicted molar refractivity (Wildman–Crippen MR) is 148 cm³/mol. The van der Waals surface area contributed by atoms with Crippen molar-refractivity contribution >= 4 is 24.6 Å². The monoisotopic (exact) mass is 558 g/mol. The summed E-state index contributed by atoms with van der Waals surface area (Å²) in [5.74, 6) is -0.767. The van der Waals surface area contributed by atoms with Gasteiger partial charge in [-0.05, 0) is 35.0 Å². The van der Waals surface area contributed by atoms with E-state index in [1.165, 1.54) is 18.6 Å². The third-order valence-corrected chi connectivity index (χ3v) is 5.84. The van der Waals surface area contributed by atoms with E-state index in [-0.39, 0.29) is 18.0 Å². The molecule has 0 aliphatic heterocycles. The van der Waals surface area contributed by atoms with Crippen LogP contribution in [-0.2, 0) is 11.3 Å². The molecule has 2 heterocycles. The van der Waals surface area contributed by atoms with Crippen molar-refractivity contribution in [3.05, 3.63) is 45.6 Å². The van der Waals surface area contributed by atoms with E-state index < -0.39 is 22.6 Å². The lowest BCUT2D eigenvalue weighted by molar-refractivity contribution is -0.817. The van der Waals surface area contributed by atoms with E-state index >= 15 is 0 Å². The first-order valence-electron chi connectivity index (χ1n) is 13.0. The minimum Gasteiger partial charge on any atom is -0.454 e. The van der Waals surface area contributed by atoms with Crippen molar-refractivity contribution in [2.24, 2.45) is 0 Å². The Bertz CT molecular complexity index is 1380. The zero-order chi connectivity index (χ0) is 30.8. The molecule has 2 aromatic rings. The Kier molecular flexibility index (Phi) is 9.39. The molecule has 0 atom stereocenters. The fourth-order valence-electron chi connectivity index (χ4n) is 2.96. The third-order valence-electron chi connectivity index (χ3n) is 5.84. The van der Waals surface area contributed by atoms with E-state index in [0.29, 0.717) is 34.2 Å². The molecule has 0 aliphatic carbocycles. The molecule has 218 valence electrons. The lowest BCUT2D eigenvalue weighted by Crippen LogP contribution is -2.33. The highest BCUT2D eigenvalue weighted by Crippen LogP contribution is 2.14. The van der Waals surface area contributed by atoms with Gasteiger partial charge >= 0.3 is 5.97 Å².